The second-order valence-corrected chi connectivity index (χ2v) is 16.0. The van der Waals surface area contributed by atoms with Gasteiger partial charge in [0.25, 0.3) is 0 Å². The van der Waals surface area contributed by atoms with Crippen LogP contribution in [0.2, 0.25) is 0 Å². The fraction of sp³-hybridized carbons (Fsp3) is 0.969. The molecule has 2 N–H and O–H groups in total. The van der Waals surface area contributed by atoms with Crippen LogP contribution in [0.1, 0.15) is 92.9 Å². The molecular formula is C32H51NO5. The summed E-state index contributed by atoms with van der Waals surface area (Å²) in [5.41, 5.74) is 0.558. The molecule has 38 heavy (non-hydrogen) atoms. The Balaban J connectivity index is 1.19. The van der Waals surface area contributed by atoms with E-state index in [0.717, 1.165) is 19.3 Å². The summed E-state index contributed by atoms with van der Waals surface area (Å²) < 4.78 is 12.3. The van der Waals surface area contributed by atoms with E-state index in [1.807, 2.05) is 4.90 Å². The number of nitrogens with zero attached hydrogens (tertiary/aromatic N) is 1. The van der Waals surface area contributed by atoms with Crippen LogP contribution < -0.4 is 0 Å². The molecular weight excluding hydrogens is 478 g/mol. The summed E-state index contributed by atoms with van der Waals surface area (Å²) in [5.74, 6) is 2.01. The van der Waals surface area contributed by atoms with Gasteiger partial charge in [0, 0.05) is 18.9 Å². The van der Waals surface area contributed by atoms with Crippen molar-refractivity contribution in [2.24, 2.45) is 50.7 Å². The molecule has 2 aliphatic heterocycles. The molecule has 2 saturated heterocycles. The lowest BCUT2D eigenvalue weighted by Gasteiger charge is -2.63. The fourth-order valence-corrected chi connectivity index (χ4v) is 12.7. The quantitative estimate of drug-likeness (QED) is 0.566. The number of amides is 1. The maximum Gasteiger partial charge on any atom is 0.219 e. The number of aliphatic hydroxyl groups excluding tert-OH is 2. The van der Waals surface area contributed by atoms with Crippen molar-refractivity contribution >= 4 is 5.91 Å². The molecule has 7 aliphatic rings. The van der Waals surface area contributed by atoms with Crippen molar-refractivity contribution in [1.29, 1.82) is 0 Å². The zero-order valence-electron chi connectivity index (χ0n) is 24.5. The van der Waals surface area contributed by atoms with Crippen LogP contribution in [-0.4, -0.2) is 71.2 Å². The number of hydrogen-bond donors (Lipinski definition) is 2. The van der Waals surface area contributed by atoms with Gasteiger partial charge in [-0.1, -0.05) is 34.6 Å². The minimum Gasteiger partial charge on any atom is -0.393 e. The summed E-state index contributed by atoms with van der Waals surface area (Å²) in [6.45, 7) is 15.4. The minimum atomic E-state index is -0.473. The fourth-order valence-electron chi connectivity index (χ4n) is 12.7. The molecule has 6 nitrogen and oxygen atoms in total. The molecule has 5 saturated carbocycles. The monoisotopic (exact) mass is 529 g/mol. The predicted molar refractivity (Wildman–Crippen MR) is 144 cm³/mol. The maximum atomic E-state index is 12.5. The molecule has 5 aliphatic carbocycles. The summed E-state index contributed by atoms with van der Waals surface area (Å²) in [7, 11) is 0. The van der Waals surface area contributed by atoms with E-state index < -0.39 is 6.10 Å². The van der Waals surface area contributed by atoms with Gasteiger partial charge in [0.15, 0.2) is 0 Å². The molecule has 7 rings (SSSR count). The van der Waals surface area contributed by atoms with Crippen LogP contribution in [0.15, 0.2) is 0 Å². The van der Waals surface area contributed by atoms with Crippen molar-refractivity contribution in [3.63, 3.8) is 0 Å². The van der Waals surface area contributed by atoms with Crippen LogP contribution in [-0.2, 0) is 14.3 Å². The SMILES string of the molecule is CC(=O)N(CC1C[C@@H](C)[C@H]2C(O1)[C@H](O)[C@@]1(C)C3CC[C@H]4C(C)(C)C(O)CCC45CC35CCC21C)C1COC1. The van der Waals surface area contributed by atoms with Crippen molar-refractivity contribution < 1.29 is 24.5 Å². The minimum absolute atomic E-state index is 0.0183. The molecule has 0 aromatic rings. The third-order valence-electron chi connectivity index (χ3n) is 14.7. The normalized spacial score (nSPS) is 56.4. The number of hydrogen-bond acceptors (Lipinski definition) is 5. The number of aliphatic hydroxyl groups is 2. The second-order valence-electron chi connectivity index (χ2n) is 16.0. The van der Waals surface area contributed by atoms with Gasteiger partial charge in [-0.2, -0.15) is 0 Å². The molecule has 2 spiro atoms. The molecule has 214 valence electrons. The van der Waals surface area contributed by atoms with E-state index in [1.54, 1.807) is 6.92 Å². The third kappa shape index (κ3) is 2.92. The summed E-state index contributed by atoms with van der Waals surface area (Å²) in [6, 6.07) is 0.162. The van der Waals surface area contributed by atoms with Crippen LogP contribution >= 0.6 is 0 Å². The molecule has 0 bridgehead atoms. The van der Waals surface area contributed by atoms with Gasteiger partial charge in [-0.25, -0.2) is 0 Å². The molecule has 0 aromatic carbocycles. The lowest BCUT2D eigenvalue weighted by atomic mass is 9.41. The smallest absolute Gasteiger partial charge is 0.219 e. The number of carbonyl (C=O) groups excluding carboxylic acids is 1. The zero-order chi connectivity index (χ0) is 27.0. The standard InChI is InChI=1S/C32H51NO5/c1-18-13-21(14-33(19(2)34)20-15-37-16-20)38-26-25(18)29(5)11-12-32-17-31(32)10-9-24(35)28(3,4)22(31)7-8-23(32)30(29,6)27(26)36/h18,20-27,35-36H,7-17H2,1-6H3/t18-,21?,22+,23?,24?,25+,26?,27+,29?,30-,31?,32?/m1/s1. The number of ether oxygens (including phenoxy) is 2. The second kappa shape index (κ2) is 7.98. The van der Waals surface area contributed by atoms with E-state index in [9.17, 15) is 15.0 Å². The van der Waals surface area contributed by atoms with Crippen molar-refractivity contribution in [3.05, 3.63) is 0 Å². The summed E-state index contributed by atoms with van der Waals surface area (Å²) in [6.07, 6.45) is 8.29. The van der Waals surface area contributed by atoms with Gasteiger partial charge in [-0.15, -0.1) is 0 Å². The van der Waals surface area contributed by atoms with E-state index in [1.165, 1.54) is 32.1 Å². The van der Waals surface area contributed by atoms with E-state index in [0.29, 0.717) is 54.3 Å². The topological polar surface area (TPSA) is 79.2 Å². The molecule has 0 aromatic heterocycles. The average molecular weight is 530 g/mol. The van der Waals surface area contributed by atoms with Gasteiger partial charge in [0.05, 0.1) is 43.7 Å². The van der Waals surface area contributed by atoms with E-state index in [4.69, 9.17) is 9.47 Å². The van der Waals surface area contributed by atoms with Gasteiger partial charge in [0.2, 0.25) is 5.91 Å². The molecule has 7 fully saturated rings. The van der Waals surface area contributed by atoms with E-state index in [2.05, 4.69) is 34.6 Å². The number of fused-ring (bicyclic) bond motifs is 4. The summed E-state index contributed by atoms with van der Waals surface area (Å²) >= 11 is 0. The first-order valence-corrected chi connectivity index (χ1v) is 15.7. The Labute approximate surface area is 229 Å². The summed E-state index contributed by atoms with van der Waals surface area (Å²) in [4.78, 5) is 14.4. The Morgan fingerprint density at radius 3 is 2.32 bits per heavy atom. The highest BCUT2D eigenvalue weighted by Crippen LogP contribution is 2.89. The lowest BCUT2D eigenvalue weighted by molar-refractivity contribution is -0.182. The highest BCUT2D eigenvalue weighted by Gasteiger charge is 2.84. The third-order valence-corrected chi connectivity index (χ3v) is 14.7. The van der Waals surface area contributed by atoms with Crippen LogP contribution in [0.4, 0.5) is 0 Å². The van der Waals surface area contributed by atoms with Gasteiger partial charge in [-0.3, -0.25) is 4.79 Å². The van der Waals surface area contributed by atoms with Gasteiger partial charge < -0.3 is 24.6 Å². The Bertz CT molecular complexity index is 1010. The first kappa shape index (κ1) is 26.2. The van der Waals surface area contributed by atoms with Crippen LogP contribution in [0, 0.1) is 50.7 Å². The predicted octanol–water partition coefficient (Wildman–Crippen LogP) is 4.41. The van der Waals surface area contributed by atoms with Gasteiger partial charge in [-0.05, 0) is 96.7 Å². The first-order chi connectivity index (χ1) is 17.8. The number of carbonyl (C=O) groups is 1. The highest BCUT2D eigenvalue weighted by atomic mass is 16.5. The average Bonchev–Trinajstić information content (AvgIpc) is 3.45. The van der Waals surface area contributed by atoms with E-state index in [-0.39, 0.29) is 46.5 Å². The molecule has 6 heteroatoms. The zero-order valence-corrected chi connectivity index (χ0v) is 24.5. The Kier molecular flexibility index (Phi) is 5.51. The molecule has 1 amide bonds. The van der Waals surface area contributed by atoms with Crippen LogP contribution in [0.25, 0.3) is 0 Å². The van der Waals surface area contributed by atoms with Crippen LogP contribution in [0.3, 0.4) is 0 Å². The van der Waals surface area contributed by atoms with Crippen molar-refractivity contribution in [1.82, 2.24) is 4.90 Å². The molecule has 2 heterocycles. The largest absolute Gasteiger partial charge is 0.393 e. The molecule has 12 atom stereocenters. The van der Waals surface area contributed by atoms with Crippen molar-refractivity contribution in [2.75, 3.05) is 19.8 Å². The molecule has 0 radical (unpaired) electrons. The van der Waals surface area contributed by atoms with Gasteiger partial charge >= 0.3 is 0 Å². The molecule has 7 unspecified atom stereocenters. The lowest BCUT2D eigenvalue weighted by Crippen LogP contribution is -2.59. The van der Waals surface area contributed by atoms with Crippen LogP contribution in [0.5, 0.6) is 0 Å². The number of rotatable bonds is 3. The highest BCUT2D eigenvalue weighted by molar-refractivity contribution is 5.73. The van der Waals surface area contributed by atoms with Gasteiger partial charge in [0.1, 0.15) is 0 Å². The van der Waals surface area contributed by atoms with E-state index >= 15 is 0 Å². The Morgan fingerprint density at radius 1 is 0.974 bits per heavy atom. The summed E-state index contributed by atoms with van der Waals surface area (Å²) in [5, 5.41) is 23.3. The van der Waals surface area contributed by atoms with Crippen molar-refractivity contribution in [2.45, 2.75) is 123 Å². The first-order valence-electron chi connectivity index (χ1n) is 15.7. The Hall–Kier alpha value is -0.690. The van der Waals surface area contributed by atoms with Crippen molar-refractivity contribution in [3.8, 4) is 0 Å². The maximum absolute atomic E-state index is 12.5. The Morgan fingerprint density at radius 2 is 1.66 bits per heavy atom.